The second-order valence-electron chi connectivity index (χ2n) is 4.78. The number of aliphatic carboxylic acids is 1. The van der Waals surface area contributed by atoms with Crippen LogP contribution in [0, 0.1) is 0 Å². The van der Waals surface area contributed by atoms with E-state index >= 15 is 0 Å². The van der Waals surface area contributed by atoms with E-state index in [0.29, 0.717) is 18.7 Å². The van der Waals surface area contributed by atoms with E-state index in [9.17, 15) is 14.7 Å². The van der Waals surface area contributed by atoms with Gasteiger partial charge < -0.3 is 24.5 Å². The van der Waals surface area contributed by atoms with Crippen LogP contribution in [0.4, 0.5) is 4.79 Å². The first-order valence-corrected chi connectivity index (χ1v) is 6.74. The molecule has 0 unspecified atom stereocenters. The summed E-state index contributed by atoms with van der Waals surface area (Å²) in [6.07, 6.45) is 1.73. The van der Waals surface area contributed by atoms with Crippen molar-refractivity contribution in [1.82, 2.24) is 9.88 Å². The van der Waals surface area contributed by atoms with Crippen LogP contribution in [0.5, 0.6) is 5.75 Å². The third kappa shape index (κ3) is 3.53. The van der Waals surface area contributed by atoms with Crippen LogP contribution < -0.4 is 9.84 Å². The van der Waals surface area contributed by atoms with Crippen molar-refractivity contribution >= 4 is 23.0 Å². The fourth-order valence-electron chi connectivity index (χ4n) is 1.98. The first kappa shape index (κ1) is 14.9. The minimum Gasteiger partial charge on any atom is -0.550 e. The van der Waals surface area contributed by atoms with Crippen LogP contribution in [0.2, 0.25) is 0 Å². The Morgan fingerprint density at radius 1 is 1.38 bits per heavy atom. The van der Waals surface area contributed by atoms with Crippen LogP contribution in [0.25, 0.3) is 10.9 Å². The summed E-state index contributed by atoms with van der Waals surface area (Å²) in [5.41, 5.74) is 1.70. The van der Waals surface area contributed by atoms with Gasteiger partial charge in [0.15, 0.2) is 0 Å². The number of carboxylic acid groups (broad SMARTS) is 1. The summed E-state index contributed by atoms with van der Waals surface area (Å²) in [5.74, 6) is -0.626. The highest BCUT2D eigenvalue weighted by Crippen LogP contribution is 2.24. The molecule has 1 aromatic carbocycles. The number of aromatic nitrogens is 1. The monoisotopic (exact) mass is 289 g/mol. The van der Waals surface area contributed by atoms with Gasteiger partial charge in [-0.15, -0.1) is 0 Å². The van der Waals surface area contributed by atoms with Crippen LogP contribution in [0.3, 0.4) is 0 Å². The van der Waals surface area contributed by atoms with Crippen molar-refractivity contribution < 1.29 is 19.4 Å². The van der Waals surface area contributed by atoms with Crippen molar-refractivity contribution in [3.05, 3.63) is 30.0 Å². The molecule has 6 nitrogen and oxygen atoms in total. The maximum absolute atomic E-state index is 11.7. The Morgan fingerprint density at radius 3 is 2.81 bits per heavy atom. The average molecular weight is 289 g/mol. The molecule has 2 rings (SSSR count). The lowest BCUT2D eigenvalue weighted by atomic mass is 10.1. The van der Waals surface area contributed by atoms with E-state index in [2.05, 4.69) is 4.98 Å². The number of hydrogen-bond acceptors (Lipinski definition) is 4. The maximum Gasteiger partial charge on any atom is 0.414 e. The van der Waals surface area contributed by atoms with Crippen molar-refractivity contribution in [1.29, 1.82) is 0 Å². The highest BCUT2D eigenvalue weighted by Gasteiger charge is 2.11. The zero-order valence-corrected chi connectivity index (χ0v) is 12.0. The molecule has 0 radical (unpaired) electrons. The lowest BCUT2D eigenvalue weighted by molar-refractivity contribution is -0.305. The number of aromatic amines is 1. The zero-order valence-electron chi connectivity index (χ0n) is 12.0. The number of nitrogens with zero attached hydrogens (tertiary/aromatic N) is 1. The van der Waals surface area contributed by atoms with Crippen molar-refractivity contribution in [2.45, 2.75) is 19.8 Å². The van der Waals surface area contributed by atoms with Crippen molar-refractivity contribution in [2.75, 3.05) is 13.6 Å². The molecule has 0 saturated heterocycles. The summed E-state index contributed by atoms with van der Waals surface area (Å²) in [6, 6.07) is 5.23. The predicted octanol–water partition coefficient (Wildman–Crippen LogP) is 1.30. The van der Waals surface area contributed by atoms with Gasteiger partial charge in [-0.05, 0) is 37.5 Å². The van der Waals surface area contributed by atoms with Crippen molar-refractivity contribution in [2.24, 2.45) is 0 Å². The van der Waals surface area contributed by atoms with Crippen molar-refractivity contribution in [3.63, 3.8) is 0 Å². The van der Waals surface area contributed by atoms with E-state index in [1.165, 1.54) is 4.90 Å². The van der Waals surface area contributed by atoms with Gasteiger partial charge in [-0.3, -0.25) is 0 Å². The van der Waals surface area contributed by atoms with Gasteiger partial charge in [0.2, 0.25) is 0 Å². The number of amides is 1. The van der Waals surface area contributed by atoms with E-state index in [1.807, 2.05) is 13.0 Å². The summed E-state index contributed by atoms with van der Waals surface area (Å²) in [7, 11) is 1.66. The number of fused-ring (bicyclic) bond motifs is 1. The molecule has 112 valence electrons. The number of hydrogen-bond donors (Lipinski definition) is 1. The first-order valence-electron chi connectivity index (χ1n) is 6.74. The van der Waals surface area contributed by atoms with Gasteiger partial charge in [-0.2, -0.15) is 0 Å². The number of rotatable bonds is 5. The third-order valence-electron chi connectivity index (χ3n) is 3.33. The second kappa shape index (κ2) is 6.30. The number of carbonyl (C=O) groups excluding carboxylic acids is 2. The molecule has 1 heterocycles. The molecule has 0 bridgehead atoms. The van der Waals surface area contributed by atoms with Crippen LogP contribution in [-0.4, -0.2) is 35.5 Å². The molecule has 0 aliphatic carbocycles. The van der Waals surface area contributed by atoms with E-state index in [4.69, 9.17) is 4.74 Å². The van der Waals surface area contributed by atoms with E-state index < -0.39 is 12.1 Å². The Kier molecular flexibility index (Phi) is 4.47. The average Bonchev–Trinajstić information content (AvgIpc) is 2.86. The molecule has 1 aromatic heterocycles. The molecule has 6 heteroatoms. The van der Waals surface area contributed by atoms with Crippen LogP contribution in [0.15, 0.2) is 24.4 Å². The Morgan fingerprint density at radius 2 is 2.14 bits per heavy atom. The van der Waals surface area contributed by atoms with Gasteiger partial charge in [0.05, 0.1) is 0 Å². The molecule has 0 aliphatic heterocycles. The summed E-state index contributed by atoms with van der Waals surface area (Å²) < 4.78 is 5.25. The number of H-pyrrole nitrogens is 1. The number of benzene rings is 1. The molecule has 2 aromatic rings. The number of ether oxygens (including phenoxy) is 1. The van der Waals surface area contributed by atoms with E-state index in [1.54, 1.807) is 25.4 Å². The fourth-order valence-corrected chi connectivity index (χ4v) is 1.98. The molecule has 0 atom stereocenters. The van der Waals surface area contributed by atoms with Gasteiger partial charge in [0, 0.05) is 42.7 Å². The standard InChI is InChI=1S/C15H18N2O4/c1-3-17(2)15(20)21-11-5-6-12-10(4-7-14(18)19)9-16-13(12)8-11/h5-6,8-9,16H,3-4,7H2,1-2H3,(H,18,19)/p-1. The molecule has 0 fully saturated rings. The summed E-state index contributed by atoms with van der Waals surface area (Å²) in [4.78, 5) is 26.7. The van der Waals surface area contributed by atoms with Crippen LogP contribution in [0.1, 0.15) is 18.9 Å². The lowest BCUT2D eigenvalue weighted by Crippen LogP contribution is -2.29. The van der Waals surface area contributed by atoms with Crippen LogP contribution >= 0.6 is 0 Å². The highest BCUT2D eigenvalue weighted by molar-refractivity contribution is 5.85. The van der Waals surface area contributed by atoms with Gasteiger partial charge in [-0.25, -0.2) is 4.79 Å². The molecule has 1 N–H and O–H groups in total. The van der Waals surface area contributed by atoms with E-state index in [0.717, 1.165) is 16.5 Å². The number of carboxylic acids is 1. The maximum atomic E-state index is 11.7. The highest BCUT2D eigenvalue weighted by atomic mass is 16.6. The number of carbonyl (C=O) groups is 2. The smallest absolute Gasteiger partial charge is 0.414 e. The molecule has 0 saturated carbocycles. The fraction of sp³-hybridized carbons (Fsp3) is 0.333. The minimum atomic E-state index is -1.07. The zero-order chi connectivity index (χ0) is 15.4. The molecular formula is C15H17N2O4-. The Bertz CT molecular complexity index is 663. The summed E-state index contributed by atoms with van der Waals surface area (Å²) >= 11 is 0. The largest absolute Gasteiger partial charge is 0.550 e. The van der Waals surface area contributed by atoms with Crippen molar-refractivity contribution in [3.8, 4) is 5.75 Å². The molecule has 0 spiro atoms. The molecule has 0 aliphatic rings. The second-order valence-corrected chi connectivity index (χ2v) is 4.78. The van der Waals surface area contributed by atoms with Gasteiger partial charge in [-0.1, -0.05) is 0 Å². The van der Waals surface area contributed by atoms with E-state index in [-0.39, 0.29) is 6.42 Å². The minimum absolute atomic E-state index is 0.0228. The molecule has 21 heavy (non-hydrogen) atoms. The summed E-state index contributed by atoms with van der Waals surface area (Å²) in [6.45, 7) is 2.43. The summed E-state index contributed by atoms with van der Waals surface area (Å²) in [5, 5.41) is 11.4. The predicted molar refractivity (Wildman–Crippen MR) is 76.0 cm³/mol. The Hall–Kier alpha value is -2.50. The SMILES string of the molecule is CCN(C)C(=O)Oc1ccc2c(CCC(=O)[O-])c[nH]c2c1. The quantitative estimate of drug-likeness (QED) is 0.899. The lowest BCUT2D eigenvalue weighted by Gasteiger charge is -2.14. The topological polar surface area (TPSA) is 85.5 Å². The number of aryl methyl sites for hydroxylation is 1. The Labute approximate surface area is 122 Å². The van der Waals surface area contributed by atoms with Gasteiger partial charge in [0.25, 0.3) is 0 Å². The molecule has 1 amide bonds. The normalized spacial score (nSPS) is 10.6. The number of nitrogens with one attached hydrogen (secondary N) is 1. The van der Waals surface area contributed by atoms with Gasteiger partial charge in [0.1, 0.15) is 5.75 Å². The molecular weight excluding hydrogens is 272 g/mol. The third-order valence-corrected chi connectivity index (χ3v) is 3.33. The van der Waals surface area contributed by atoms with Gasteiger partial charge >= 0.3 is 6.09 Å². The Balaban J connectivity index is 2.16. The van der Waals surface area contributed by atoms with Crippen LogP contribution in [-0.2, 0) is 11.2 Å². The first-order chi connectivity index (χ1) is 10.0.